The van der Waals surface area contributed by atoms with Crippen molar-refractivity contribution in [1.82, 2.24) is 20.2 Å². The highest BCUT2D eigenvalue weighted by atomic mass is 15.2. The van der Waals surface area contributed by atoms with Crippen LogP contribution in [0.15, 0.2) is 72.2 Å². The molecule has 5 nitrogen and oxygen atoms in total. The van der Waals surface area contributed by atoms with Crippen molar-refractivity contribution in [2.24, 2.45) is 4.99 Å². The first-order valence-electron chi connectivity index (χ1n) is 9.34. The largest absolute Gasteiger partial charge is 0.357 e. The van der Waals surface area contributed by atoms with Gasteiger partial charge < -0.3 is 15.2 Å². The fraction of sp³-hybridized carbons (Fsp3) is 0.273. The zero-order valence-electron chi connectivity index (χ0n) is 16.0. The normalized spacial score (nSPS) is 11.4. The summed E-state index contributed by atoms with van der Waals surface area (Å²) >= 11 is 0. The molecular formula is C22H27N5. The second-order valence-corrected chi connectivity index (χ2v) is 6.59. The maximum atomic E-state index is 4.70. The first-order chi connectivity index (χ1) is 13.2. The van der Waals surface area contributed by atoms with Gasteiger partial charge in [-0.1, -0.05) is 54.1 Å². The number of benzene rings is 2. The molecule has 1 aromatic heterocycles. The number of nitrogens with one attached hydrogen (secondary N) is 2. The van der Waals surface area contributed by atoms with E-state index in [1.807, 2.05) is 12.5 Å². The minimum Gasteiger partial charge on any atom is -0.357 e. The second-order valence-electron chi connectivity index (χ2n) is 6.59. The zero-order valence-corrected chi connectivity index (χ0v) is 16.0. The van der Waals surface area contributed by atoms with E-state index in [0.29, 0.717) is 6.54 Å². The van der Waals surface area contributed by atoms with E-state index in [9.17, 15) is 0 Å². The molecule has 2 aromatic carbocycles. The van der Waals surface area contributed by atoms with Gasteiger partial charge in [0, 0.05) is 32.0 Å². The number of aliphatic imine (C=N–C) groups is 1. The Hall–Kier alpha value is -3.08. The smallest absolute Gasteiger partial charge is 0.191 e. The topological polar surface area (TPSA) is 54.2 Å². The molecule has 2 N–H and O–H groups in total. The van der Waals surface area contributed by atoms with E-state index in [4.69, 9.17) is 4.99 Å². The highest BCUT2D eigenvalue weighted by Crippen LogP contribution is 2.08. The molecule has 0 fully saturated rings. The molecule has 5 heteroatoms. The van der Waals surface area contributed by atoms with E-state index in [2.05, 4.69) is 82.6 Å². The maximum Gasteiger partial charge on any atom is 0.191 e. The predicted octanol–water partition coefficient (Wildman–Crippen LogP) is 3.50. The van der Waals surface area contributed by atoms with Crippen LogP contribution in [0.1, 0.15) is 29.2 Å². The third kappa shape index (κ3) is 5.99. The lowest BCUT2D eigenvalue weighted by atomic mass is 10.1. The summed E-state index contributed by atoms with van der Waals surface area (Å²) in [7, 11) is 0. The molecular weight excluding hydrogens is 334 g/mol. The average molecular weight is 361 g/mol. The van der Waals surface area contributed by atoms with Gasteiger partial charge >= 0.3 is 0 Å². The van der Waals surface area contributed by atoms with Crippen molar-refractivity contribution in [2.75, 3.05) is 6.54 Å². The predicted molar refractivity (Wildman–Crippen MR) is 111 cm³/mol. The van der Waals surface area contributed by atoms with E-state index in [1.165, 1.54) is 22.3 Å². The molecule has 3 aromatic rings. The molecule has 0 aliphatic rings. The molecule has 0 aliphatic carbocycles. The summed E-state index contributed by atoms with van der Waals surface area (Å²) in [5, 5.41) is 6.70. The number of rotatable bonds is 7. The highest BCUT2D eigenvalue weighted by Gasteiger charge is 2.00. The fourth-order valence-corrected chi connectivity index (χ4v) is 2.74. The summed E-state index contributed by atoms with van der Waals surface area (Å²) in [6.07, 6.45) is 5.61. The number of imidazole rings is 1. The van der Waals surface area contributed by atoms with Gasteiger partial charge in [-0.15, -0.1) is 0 Å². The summed E-state index contributed by atoms with van der Waals surface area (Å²) < 4.78 is 2.06. The molecule has 140 valence electrons. The molecule has 0 saturated heterocycles. The van der Waals surface area contributed by atoms with E-state index in [1.54, 1.807) is 6.20 Å². The van der Waals surface area contributed by atoms with Crippen LogP contribution < -0.4 is 10.6 Å². The van der Waals surface area contributed by atoms with Gasteiger partial charge in [-0.2, -0.15) is 0 Å². The van der Waals surface area contributed by atoms with Gasteiger partial charge in [0.2, 0.25) is 0 Å². The van der Waals surface area contributed by atoms with Crippen molar-refractivity contribution >= 4 is 5.96 Å². The van der Waals surface area contributed by atoms with Crippen LogP contribution in [0.3, 0.4) is 0 Å². The fourth-order valence-electron chi connectivity index (χ4n) is 2.74. The SMILES string of the molecule is CCNC(=NCc1ccc(Cn2ccnc2)cc1)NCc1ccc(C)cc1. The van der Waals surface area contributed by atoms with Crippen LogP contribution >= 0.6 is 0 Å². The van der Waals surface area contributed by atoms with Crippen molar-refractivity contribution in [3.63, 3.8) is 0 Å². The first kappa shape index (κ1) is 18.7. The second kappa shape index (κ2) is 9.57. The van der Waals surface area contributed by atoms with E-state index in [-0.39, 0.29) is 0 Å². The van der Waals surface area contributed by atoms with Gasteiger partial charge in [0.25, 0.3) is 0 Å². The molecule has 0 atom stereocenters. The lowest BCUT2D eigenvalue weighted by Crippen LogP contribution is -2.36. The molecule has 1 heterocycles. The standard InChI is InChI=1S/C22H27N5/c1-3-24-22(25-14-19-6-4-18(2)5-7-19)26-15-20-8-10-21(11-9-20)16-27-13-12-23-17-27/h4-13,17H,3,14-16H2,1-2H3,(H2,24,25,26). The molecule has 0 aliphatic heterocycles. The van der Waals surface area contributed by atoms with Crippen LogP contribution in [-0.2, 0) is 19.6 Å². The summed E-state index contributed by atoms with van der Waals surface area (Å²) in [6.45, 7) is 7.26. The summed E-state index contributed by atoms with van der Waals surface area (Å²) in [5.74, 6) is 0.834. The third-order valence-electron chi connectivity index (χ3n) is 4.29. The minimum absolute atomic E-state index is 0.647. The van der Waals surface area contributed by atoms with Crippen LogP contribution in [0.2, 0.25) is 0 Å². The Morgan fingerprint density at radius 1 is 0.963 bits per heavy atom. The van der Waals surface area contributed by atoms with Gasteiger partial charge in [-0.3, -0.25) is 0 Å². The molecule has 0 saturated carbocycles. The third-order valence-corrected chi connectivity index (χ3v) is 4.29. The molecule has 3 rings (SSSR count). The van der Waals surface area contributed by atoms with Crippen molar-refractivity contribution in [2.45, 2.75) is 33.5 Å². The lowest BCUT2D eigenvalue weighted by molar-refractivity contribution is 0.796. The van der Waals surface area contributed by atoms with Crippen molar-refractivity contribution in [3.8, 4) is 0 Å². The van der Waals surface area contributed by atoms with Gasteiger partial charge in [0.05, 0.1) is 12.9 Å². The van der Waals surface area contributed by atoms with Gasteiger partial charge in [0.15, 0.2) is 5.96 Å². The quantitative estimate of drug-likeness (QED) is 0.500. The number of guanidine groups is 1. The van der Waals surface area contributed by atoms with Crippen LogP contribution in [-0.4, -0.2) is 22.1 Å². The highest BCUT2D eigenvalue weighted by molar-refractivity contribution is 5.79. The molecule has 27 heavy (non-hydrogen) atoms. The van der Waals surface area contributed by atoms with E-state index in [0.717, 1.165) is 25.6 Å². The Bertz CT molecular complexity index is 833. The van der Waals surface area contributed by atoms with Crippen LogP contribution in [0.4, 0.5) is 0 Å². The van der Waals surface area contributed by atoms with Crippen molar-refractivity contribution < 1.29 is 0 Å². The summed E-state index contributed by atoms with van der Waals surface area (Å²) in [6, 6.07) is 17.1. The lowest BCUT2D eigenvalue weighted by Gasteiger charge is -2.12. The van der Waals surface area contributed by atoms with Gasteiger partial charge in [-0.05, 0) is 30.5 Å². The Labute approximate surface area is 161 Å². The number of nitrogens with zero attached hydrogens (tertiary/aromatic N) is 3. The minimum atomic E-state index is 0.647. The number of hydrogen-bond acceptors (Lipinski definition) is 2. The van der Waals surface area contributed by atoms with Crippen molar-refractivity contribution in [1.29, 1.82) is 0 Å². The average Bonchev–Trinajstić information content (AvgIpc) is 3.19. The first-order valence-corrected chi connectivity index (χ1v) is 9.34. The molecule has 0 unspecified atom stereocenters. The molecule has 0 bridgehead atoms. The maximum absolute atomic E-state index is 4.70. The molecule has 0 spiro atoms. The zero-order chi connectivity index (χ0) is 18.9. The Balaban J connectivity index is 1.56. The van der Waals surface area contributed by atoms with Gasteiger partial charge in [0.1, 0.15) is 0 Å². The summed E-state index contributed by atoms with van der Waals surface area (Å²) in [4.78, 5) is 8.78. The monoisotopic (exact) mass is 361 g/mol. The molecule has 0 radical (unpaired) electrons. The van der Waals surface area contributed by atoms with Gasteiger partial charge in [-0.25, -0.2) is 9.98 Å². The van der Waals surface area contributed by atoms with E-state index < -0.39 is 0 Å². The Kier molecular flexibility index (Phi) is 6.63. The Morgan fingerprint density at radius 3 is 2.33 bits per heavy atom. The van der Waals surface area contributed by atoms with Crippen LogP contribution in [0.25, 0.3) is 0 Å². The van der Waals surface area contributed by atoms with E-state index >= 15 is 0 Å². The van der Waals surface area contributed by atoms with Crippen LogP contribution in [0.5, 0.6) is 0 Å². The van der Waals surface area contributed by atoms with Crippen molar-refractivity contribution in [3.05, 3.63) is 89.5 Å². The molecule has 0 amide bonds. The van der Waals surface area contributed by atoms with Crippen LogP contribution in [0, 0.1) is 6.92 Å². The summed E-state index contributed by atoms with van der Waals surface area (Å²) in [5.41, 5.74) is 4.97. The Morgan fingerprint density at radius 2 is 1.67 bits per heavy atom. The number of aromatic nitrogens is 2. The number of hydrogen-bond donors (Lipinski definition) is 2. The number of aryl methyl sites for hydroxylation is 1.